The lowest BCUT2D eigenvalue weighted by atomic mass is 10.1. The Kier molecular flexibility index (Phi) is 4.18. The molecule has 0 aliphatic heterocycles. The summed E-state index contributed by atoms with van der Waals surface area (Å²) in [4.78, 5) is 12.0. The van der Waals surface area contributed by atoms with Crippen molar-refractivity contribution in [3.8, 4) is 11.5 Å². The lowest BCUT2D eigenvalue weighted by Crippen LogP contribution is -2.08. The van der Waals surface area contributed by atoms with Gasteiger partial charge in [0.1, 0.15) is 11.5 Å². The number of esters is 1. The topological polar surface area (TPSA) is 35.5 Å². The predicted molar refractivity (Wildman–Crippen MR) is 73.8 cm³/mol. The van der Waals surface area contributed by atoms with Gasteiger partial charge in [-0.25, -0.2) is 4.79 Å². The molecule has 0 aliphatic rings. The first-order valence-electron chi connectivity index (χ1n) is 6.18. The van der Waals surface area contributed by atoms with Gasteiger partial charge in [-0.2, -0.15) is 0 Å². The summed E-state index contributed by atoms with van der Waals surface area (Å²) in [5.74, 6) is 0.917. The summed E-state index contributed by atoms with van der Waals surface area (Å²) in [6.07, 6.45) is 0.911. The van der Waals surface area contributed by atoms with Gasteiger partial charge in [-0.3, -0.25) is 0 Å². The maximum atomic E-state index is 12.0. The molecule has 2 aromatic rings. The molecule has 0 heterocycles. The van der Waals surface area contributed by atoms with E-state index in [2.05, 4.69) is 6.92 Å². The number of benzene rings is 2. The van der Waals surface area contributed by atoms with Gasteiger partial charge in [0, 0.05) is 0 Å². The molecule has 2 aromatic carbocycles. The first kappa shape index (κ1) is 13.1. The van der Waals surface area contributed by atoms with Crippen LogP contribution in [0.1, 0.15) is 22.8 Å². The van der Waals surface area contributed by atoms with E-state index in [1.54, 1.807) is 37.4 Å². The lowest BCUT2D eigenvalue weighted by Gasteiger charge is -2.06. The first-order valence-corrected chi connectivity index (χ1v) is 6.18. The van der Waals surface area contributed by atoms with Gasteiger partial charge in [0.25, 0.3) is 0 Å². The Balaban J connectivity index is 2.11. The molecule has 0 bridgehead atoms. The monoisotopic (exact) mass is 256 g/mol. The molecule has 98 valence electrons. The zero-order valence-electron chi connectivity index (χ0n) is 11.1. The molecule has 0 radical (unpaired) electrons. The van der Waals surface area contributed by atoms with Gasteiger partial charge in [-0.05, 0) is 48.4 Å². The van der Waals surface area contributed by atoms with Gasteiger partial charge in [0.2, 0.25) is 0 Å². The molecule has 0 aliphatic carbocycles. The van der Waals surface area contributed by atoms with Crippen molar-refractivity contribution < 1.29 is 14.3 Å². The maximum absolute atomic E-state index is 12.0. The highest BCUT2D eigenvalue weighted by atomic mass is 16.5. The van der Waals surface area contributed by atoms with Gasteiger partial charge in [0.15, 0.2) is 0 Å². The van der Waals surface area contributed by atoms with Crippen molar-refractivity contribution in [3.63, 3.8) is 0 Å². The number of hydrogen-bond acceptors (Lipinski definition) is 3. The van der Waals surface area contributed by atoms with Crippen LogP contribution in [0.3, 0.4) is 0 Å². The molecular weight excluding hydrogens is 240 g/mol. The van der Waals surface area contributed by atoms with Crippen molar-refractivity contribution in [1.82, 2.24) is 0 Å². The highest BCUT2D eigenvalue weighted by Gasteiger charge is 2.08. The second kappa shape index (κ2) is 6.05. The minimum absolute atomic E-state index is 0.365. The lowest BCUT2D eigenvalue weighted by molar-refractivity contribution is 0.0734. The molecule has 3 nitrogen and oxygen atoms in total. The third-order valence-electron chi connectivity index (χ3n) is 2.84. The summed E-state index contributed by atoms with van der Waals surface area (Å²) < 4.78 is 10.4. The van der Waals surface area contributed by atoms with E-state index in [0.29, 0.717) is 17.1 Å². The van der Waals surface area contributed by atoms with E-state index < -0.39 is 0 Å². The number of methoxy groups -OCH3 is 1. The minimum atomic E-state index is -0.365. The van der Waals surface area contributed by atoms with Gasteiger partial charge in [0.05, 0.1) is 12.7 Å². The third-order valence-corrected chi connectivity index (χ3v) is 2.84. The Bertz CT molecular complexity index is 558. The zero-order chi connectivity index (χ0) is 13.7. The Morgan fingerprint density at radius 2 is 1.79 bits per heavy atom. The number of ether oxygens (including phenoxy) is 2. The summed E-state index contributed by atoms with van der Waals surface area (Å²) >= 11 is 0. The third kappa shape index (κ3) is 3.35. The number of rotatable bonds is 4. The molecule has 0 saturated heterocycles. The summed E-state index contributed by atoms with van der Waals surface area (Å²) in [6.45, 7) is 2.06. The van der Waals surface area contributed by atoms with Crippen LogP contribution in [0.15, 0.2) is 48.5 Å². The van der Waals surface area contributed by atoms with Gasteiger partial charge in [-0.1, -0.05) is 19.1 Å². The van der Waals surface area contributed by atoms with Crippen LogP contribution < -0.4 is 9.47 Å². The fourth-order valence-electron chi connectivity index (χ4n) is 1.72. The average molecular weight is 256 g/mol. The summed E-state index contributed by atoms with van der Waals surface area (Å²) in [5.41, 5.74) is 1.64. The second-order valence-electron chi connectivity index (χ2n) is 4.12. The van der Waals surface area contributed by atoms with E-state index in [4.69, 9.17) is 9.47 Å². The SMILES string of the molecule is CCc1cccc(OC(=O)c2ccc(OC)cc2)c1. The van der Waals surface area contributed by atoms with Crippen LogP contribution in [0.5, 0.6) is 11.5 Å². The van der Waals surface area contributed by atoms with E-state index in [1.807, 2.05) is 18.2 Å². The van der Waals surface area contributed by atoms with Crippen LogP contribution in [-0.2, 0) is 6.42 Å². The van der Waals surface area contributed by atoms with Crippen LogP contribution >= 0.6 is 0 Å². The van der Waals surface area contributed by atoms with E-state index in [9.17, 15) is 4.79 Å². The minimum Gasteiger partial charge on any atom is -0.497 e. The molecule has 3 heteroatoms. The Labute approximate surface area is 112 Å². The standard InChI is InChI=1S/C16H16O3/c1-3-12-5-4-6-15(11-12)19-16(17)13-7-9-14(18-2)10-8-13/h4-11H,3H2,1-2H3. The highest BCUT2D eigenvalue weighted by Crippen LogP contribution is 2.17. The molecule has 0 atom stereocenters. The van der Waals surface area contributed by atoms with Crippen molar-refractivity contribution in [2.24, 2.45) is 0 Å². The highest BCUT2D eigenvalue weighted by molar-refractivity contribution is 5.91. The van der Waals surface area contributed by atoms with Crippen LogP contribution in [0.4, 0.5) is 0 Å². The smallest absolute Gasteiger partial charge is 0.343 e. The first-order chi connectivity index (χ1) is 9.22. The Morgan fingerprint density at radius 3 is 2.42 bits per heavy atom. The molecular formula is C16H16O3. The molecule has 0 fully saturated rings. The van der Waals surface area contributed by atoms with Crippen molar-refractivity contribution in [3.05, 3.63) is 59.7 Å². The number of carbonyl (C=O) groups is 1. The second-order valence-corrected chi connectivity index (χ2v) is 4.12. The number of hydrogen-bond donors (Lipinski definition) is 0. The van der Waals surface area contributed by atoms with Crippen molar-refractivity contribution in [2.45, 2.75) is 13.3 Å². The average Bonchev–Trinajstić information content (AvgIpc) is 2.47. The van der Waals surface area contributed by atoms with E-state index >= 15 is 0 Å². The molecule has 0 saturated carbocycles. The summed E-state index contributed by atoms with van der Waals surface area (Å²) in [7, 11) is 1.59. The van der Waals surface area contributed by atoms with Crippen LogP contribution in [-0.4, -0.2) is 13.1 Å². The molecule has 0 N–H and O–H groups in total. The van der Waals surface area contributed by atoms with Gasteiger partial charge < -0.3 is 9.47 Å². The summed E-state index contributed by atoms with van der Waals surface area (Å²) in [6, 6.07) is 14.4. The molecule has 2 rings (SSSR count). The summed E-state index contributed by atoms with van der Waals surface area (Å²) in [5, 5.41) is 0. The molecule has 0 unspecified atom stereocenters. The predicted octanol–water partition coefficient (Wildman–Crippen LogP) is 3.48. The molecule has 0 spiro atoms. The van der Waals surface area contributed by atoms with E-state index in [1.165, 1.54) is 0 Å². The van der Waals surface area contributed by atoms with Crippen molar-refractivity contribution in [2.75, 3.05) is 7.11 Å². The maximum Gasteiger partial charge on any atom is 0.343 e. The molecule has 19 heavy (non-hydrogen) atoms. The van der Waals surface area contributed by atoms with E-state index in [-0.39, 0.29) is 5.97 Å². The van der Waals surface area contributed by atoms with Gasteiger partial charge >= 0.3 is 5.97 Å². The normalized spacial score (nSPS) is 10.0. The largest absolute Gasteiger partial charge is 0.497 e. The van der Waals surface area contributed by atoms with Crippen LogP contribution in [0.2, 0.25) is 0 Å². The quantitative estimate of drug-likeness (QED) is 0.620. The fourth-order valence-corrected chi connectivity index (χ4v) is 1.72. The fraction of sp³-hybridized carbons (Fsp3) is 0.188. The zero-order valence-corrected chi connectivity index (χ0v) is 11.1. The van der Waals surface area contributed by atoms with Crippen LogP contribution in [0.25, 0.3) is 0 Å². The Morgan fingerprint density at radius 1 is 1.05 bits per heavy atom. The molecule has 0 amide bonds. The number of aryl methyl sites for hydroxylation is 1. The Hall–Kier alpha value is -2.29. The van der Waals surface area contributed by atoms with Crippen molar-refractivity contribution >= 4 is 5.97 Å². The van der Waals surface area contributed by atoms with Crippen molar-refractivity contribution in [1.29, 1.82) is 0 Å². The van der Waals surface area contributed by atoms with E-state index in [0.717, 1.165) is 12.0 Å². The number of carbonyl (C=O) groups excluding carboxylic acids is 1. The van der Waals surface area contributed by atoms with Crippen LogP contribution in [0, 0.1) is 0 Å². The van der Waals surface area contributed by atoms with Gasteiger partial charge in [-0.15, -0.1) is 0 Å². The molecule has 0 aromatic heterocycles.